The first kappa shape index (κ1) is 15.3. The molecule has 0 N–H and O–H groups in total. The minimum absolute atomic E-state index is 0.956. The van der Waals surface area contributed by atoms with Crippen LogP contribution in [-0.2, 0) is 0 Å². The summed E-state index contributed by atoms with van der Waals surface area (Å²) in [6.45, 7) is 4.58. The molecule has 0 aliphatic heterocycles. The van der Waals surface area contributed by atoms with Gasteiger partial charge in [-0.1, -0.05) is 77.8 Å². The molecule has 0 rings (SSSR count). The molecule has 0 fully saturated rings. The molecule has 0 aliphatic rings. The molecule has 0 aromatic carbocycles. The van der Waals surface area contributed by atoms with Crippen LogP contribution >= 0.6 is 12.6 Å². The summed E-state index contributed by atoms with van der Waals surface area (Å²) < 4.78 is 0. The first-order chi connectivity index (χ1) is 7.35. The van der Waals surface area contributed by atoms with Gasteiger partial charge in [-0.25, -0.2) is 0 Å². The van der Waals surface area contributed by atoms with Crippen LogP contribution in [0.25, 0.3) is 0 Å². The Kier molecular flexibility index (Phi) is 12.7. The van der Waals surface area contributed by atoms with Crippen molar-refractivity contribution in [2.75, 3.05) is 5.75 Å². The van der Waals surface area contributed by atoms with E-state index in [0.717, 1.165) is 11.7 Å². The maximum Gasteiger partial charge on any atom is 0.00370 e. The Morgan fingerprint density at radius 1 is 0.733 bits per heavy atom. The van der Waals surface area contributed by atoms with Crippen molar-refractivity contribution in [1.82, 2.24) is 0 Å². The Bertz CT molecular complexity index is 104. The van der Waals surface area contributed by atoms with Gasteiger partial charge < -0.3 is 0 Å². The average molecular weight is 229 g/mol. The average Bonchev–Trinajstić information content (AvgIpc) is 2.27. The summed E-state index contributed by atoms with van der Waals surface area (Å²) >= 11 is 5.04. The largest absolute Gasteiger partial charge is 0.0942 e. The van der Waals surface area contributed by atoms with E-state index in [1.807, 2.05) is 0 Å². The summed E-state index contributed by atoms with van der Waals surface area (Å²) in [7, 11) is 0. The zero-order chi connectivity index (χ0) is 11.4. The predicted octanol–water partition coefficient (Wildman–Crippen LogP) is 5.74. The van der Waals surface area contributed by atoms with Gasteiger partial charge in [-0.2, -0.15) is 0 Å². The van der Waals surface area contributed by atoms with E-state index in [-0.39, 0.29) is 0 Å². The van der Waals surface area contributed by atoms with Gasteiger partial charge in [0.25, 0.3) is 0 Å². The molecule has 0 bridgehead atoms. The molecule has 0 amide bonds. The standard InChI is InChI=1S/C14H29S/c1-3-5-7-8-11-14(10-6-4-2)12-9-13-15/h14H,3-13H2,1-2H3. The highest BCUT2D eigenvalue weighted by molar-refractivity contribution is 7.80. The van der Waals surface area contributed by atoms with E-state index in [4.69, 9.17) is 12.6 Å². The molecule has 0 heterocycles. The molecule has 0 saturated carbocycles. The molecule has 15 heavy (non-hydrogen) atoms. The maximum absolute atomic E-state index is 5.04. The van der Waals surface area contributed by atoms with E-state index < -0.39 is 0 Å². The second-order valence-electron chi connectivity index (χ2n) is 4.70. The first-order valence-electron chi connectivity index (χ1n) is 6.93. The third kappa shape index (κ3) is 10.6. The molecule has 0 spiro atoms. The second-order valence-corrected chi connectivity index (χ2v) is 5.11. The van der Waals surface area contributed by atoms with Crippen LogP contribution in [0, 0.1) is 5.92 Å². The Hall–Kier alpha value is 0.350. The second kappa shape index (κ2) is 12.4. The highest BCUT2D eigenvalue weighted by Crippen LogP contribution is 2.22. The van der Waals surface area contributed by atoms with Crippen LogP contribution in [-0.4, -0.2) is 5.75 Å². The van der Waals surface area contributed by atoms with Crippen molar-refractivity contribution in [2.24, 2.45) is 5.92 Å². The number of hydrogen-bond acceptors (Lipinski definition) is 0. The van der Waals surface area contributed by atoms with Crippen LogP contribution in [0.5, 0.6) is 0 Å². The fourth-order valence-corrected chi connectivity index (χ4v) is 2.32. The molecule has 0 aromatic heterocycles. The van der Waals surface area contributed by atoms with Crippen LogP contribution in [0.1, 0.15) is 78.1 Å². The monoisotopic (exact) mass is 229 g/mol. The number of hydrogen-bond donors (Lipinski definition) is 0. The van der Waals surface area contributed by atoms with E-state index in [0.29, 0.717) is 0 Å². The molecule has 1 radical (unpaired) electrons. The van der Waals surface area contributed by atoms with Gasteiger partial charge in [0.2, 0.25) is 0 Å². The van der Waals surface area contributed by atoms with Crippen molar-refractivity contribution >= 4 is 12.6 Å². The fourth-order valence-electron chi connectivity index (χ4n) is 2.16. The lowest BCUT2D eigenvalue weighted by molar-refractivity contribution is 0.386. The summed E-state index contributed by atoms with van der Waals surface area (Å²) in [6.07, 6.45) is 14.0. The van der Waals surface area contributed by atoms with Crippen molar-refractivity contribution in [2.45, 2.75) is 78.1 Å². The highest BCUT2D eigenvalue weighted by Gasteiger charge is 2.07. The van der Waals surface area contributed by atoms with E-state index >= 15 is 0 Å². The summed E-state index contributed by atoms with van der Waals surface area (Å²) in [5, 5.41) is 0. The molecule has 0 aromatic rings. The smallest absolute Gasteiger partial charge is 0.00370 e. The van der Waals surface area contributed by atoms with Gasteiger partial charge in [0, 0.05) is 5.75 Å². The maximum atomic E-state index is 5.04. The molecule has 0 saturated heterocycles. The van der Waals surface area contributed by atoms with Crippen LogP contribution in [0.4, 0.5) is 0 Å². The van der Waals surface area contributed by atoms with Crippen molar-refractivity contribution in [3.05, 3.63) is 0 Å². The molecule has 1 unspecified atom stereocenters. The Labute approximate surface area is 103 Å². The minimum Gasteiger partial charge on any atom is -0.0942 e. The van der Waals surface area contributed by atoms with Gasteiger partial charge in [-0.3, -0.25) is 0 Å². The van der Waals surface area contributed by atoms with Crippen LogP contribution in [0.2, 0.25) is 0 Å². The molecular weight excluding hydrogens is 200 g/mol. The van der Waals surface area contributed by atoms with E-state index in [1.54, 1.807) is 0 Å². The van der Waals surface area contributed by atoms with Crippen molar-refractivity contribution in [3.63, 3.8) is 0 Å². The number of rotatable bonds is 11. The Morgan fingerprint density at radius 3 is 1.93 bits per heavy atom. The molecule has 0 aliphatic carbocycles. The quantitative estimate of drug-likeness (QED) is 0.396. The normalized spacial score (nSPS) is 13.0. The Balaban J connectivity index is 3.49. The lowest BCUT2D eigenvalue weighted by Gasteiger charge is -2.15. The summed E-state index contributed by atoms with van der Waals surface area (Å²) in [5.41, 5.74) is 0. The van der Waals surface area contributed by atoms with Crippen molar-refractivity contribution in [1.29, 1.82) is 0 Å². The molecule has 1 heteroatoms. The van der Waals surface area contributed by atoms with Crippen LogP contribution in [0.15, 0.2) is 0 Å². The molecule has 1 atom stereocenters. The molecule has 0 nitrogen and oxygen atoms in total. The van der Waals surface area contributed by atoms with Gasteiger partial charge in [-0.15, -0.1) is 0 Å². The third-order valence-electron chi connectivity index (χ3n) is 3.19. The molecule has 91 valence electrons. The molecular formula is C14H29S. The lowest BCUT2D eigenvalue weighted by atomic mass is 9.91. The van der Waals surface area contributed by atoms with Gasteiger partial charge in [0.05, 0.1) is 0 Å². The zero-order valence-corrected chi connectivity index (χ0v) is 11.6. The topological polar surface area (TPSA) is 0 Å². The Morgan fingerprint density at radius 2 is 1.33 bits per heavy atom. The minimum atomic E-state index is 0.956. The fraction of sp³-hybridized carbons (Fsp3) is 1.00. The van der Waals surface area contributed by atoms with E-state index in [2.05, 4.69) is 13.8 Å². The van der Waals surface area contributed by atoms with Gasteiger partial charge >= 0.3 is 0 Å². The van der Waals surface area contributed by atoms with Gasteiger partial charge in [0.15, 0.2) is 0 Å². The summed E-state index contributed by atoms with van der Waals surface area (Å²) in [6, 6.07) is 0. The predicted molar refractivity (Wildman–Crippen MR) is 73.5 cm³/mol. The third-order valence-corrected chi connectivity index (χ3v) is 3.48. The van der Waals surface area contributed by atoms with Crippen molar-refractivity contribution < 1.29 is 0 Å². The van der Waals surface area contributed by atoms with Crippen molar-refractivity contribution in [3.8, 4) is 0 Å². The number of unbranched alkanes of at least 4 members (excludes halogenated alkanes) is 4. The highest BCUT2D eigenvalue weighted by atomic mass is 32.1. The SMILES string of the molecule is CCCCCCC(CCCC)CCC[S]. The summed E-state index contributed by atoms with van der Waals surface area (Å²) in [5.74, 6) is 1.93. The van der Waals surface area contributed by atoms with E-state index in [1.165, 1.54) is 64.2 Å². The van der Waals surface area contributed by atoms with Gasteiger partial charge in [-0.05, 0) is 18.8 Å². The lowest BCUT2D eigenvalue weighted by Crippen LogP contribution is -2.01. The van der Waals surface area contributed by atoms with Crippen LogP contribution in [0.3, 0.4) is 0 Å². The first-order valence-corrected chi connectivity index (χ1v) is 7.50. The van der Waals surface area contributed by atoms with Gasteiger partial charge in [0.1, 0.15) is 0 Å². The zero-order valence-electron chi connectivity index (χ0n) is 10.8. The summed E-state index contributed by atoms with van der Waals surface area (Å²) in [4.78, 5) is 0. The van der Waals surface area contributed by atoms with E-state index in [9.17, 15) is 0 Å². The van der Waals surface area contributed by atoms with Crippen LogP contribution < -0.4 is 0 Å².